The van der Waals surface area contributed by atoms with Crippen molar-refractivity contribution >= 4 is 22.8 Å². The van der Waals surface area contributed by atoms with Gasteiger partial charge >= 0.3 is 5.97 Å². The van der Waals surface area contributed by atoms with E-state index in [1.54, 1.807) is 0 Å². The van der Waals surface area contributed by atoms with Crippen LogP contribution in [0.15, 0.2) is 24.3 Å². The quantitative estimate of drug-likeness (QED) is 0.797. The van der Waals surface area contributed by atoms with Gasteiger partial charge in [-0.05, 0) is 32.4 Å². The van der Waals surface area contributed by atoms with Gasteiger partial charge in [-0.3, -0.25) is 4.79 Å². The molecule has 0 bridgehead atoms. The summed E-state index contributed by atoms with van der Waals surface area (Å²) in [4.78, 5) is 26.3. The van der Waals surface area contributed by atoms with Crippen molar-refractivity contribution in [2.45, 2.75) is 32.7 Å². The molecule has 3 N–H and O–H groups in total. The molecule has 0 saturated carbocycles. The van der Waals surface area contributed by atoms with Gasteiger partial charge in [-0.2, -0.15) is 0 Å². The maximum Gasteiger partial charge on any atom is 0.328 e. The second-order valence-electron chi connectivity index (χ2n) is 5.43. The van der Waals surface area contributed by atoms with E-state index < -0.39 is 11.5 Å². The van der Waals surface area contributed by atoms with Gasteiger partial charge in [-0.15, -0.1) is 0 Å². The number of para-hydroxylation sites is 1. The minimum Gasteiger partial charge on any atom is -0.480 e. The summed E-state index contributed by atoms with van der Waals surface area (Å²) in [5.41, 5.74) is 1.54. The number of aryl methyl sites for hydroxylation is 1. The highest BCUT2D eigenvalue weighted by atomic mass is 16.4. The third kappa shape index (κ3) is 2.66. The second-order valence-corrected chi connectivity index (χ2v) is 5.43. The predicted octanol–water partition coefficient (Wildman–Crippen LogP) is 2.00. The molecule has 0 fully saturated rings. The van der Waals surface area contributed by atoms with Crippen LogP contribution in [0, 0.1) is 6.92 Å². The fourth-order valence-corrected chi connectivity index (χ4v) is 2.17. The van der Waals surface area contributed by atoms with Crippen LogP contribution >= 0.6 is 0 Å². The van der Waals surface area contributed by atoms with Crippen molar-refractivity contribution in [1.82, 2.24) is 10.3 Å². The highest BCUT2D eigenvalue weighted by molar-refractivity contribution is 5.92. The average molecular weight is 274 g/mol. The minimum absolute atomic E-state index is 0.159. The fourth-order valence-electron chi connectivity index (χ4n) is 2.17. The molecule has 1 amide bonds. The molecule has 1 heterocycles. The number of amides is 1. The largest absolute Gasteiger partial charge is 0.480 e. The van der Waals surface area contributed by atoms with Crippen LogP contribution < -0.4 is 5.32 Å². The summed E-state index contributed by atoms with van der Waals surface area (Å²) >= 11 is 0. The number of carbonyl (C=O) groups is 2. The summed E-state index contributed by atoms with van der Waals surface area (Å²) in [5, 5.41) is 12.5. The number of H-pyrrole nitrogens is 1. The molecule has 0 atom stereocenters. The Morgan fingerprint density at radius 2 is 1.95 bits per heavy atom. The molecule has 0 unspecified atom stereocenters. The van der Waals surface area contributed by atoms with Gasteiger partial charge in [-0.25, -0.2) is 4.79 Å². The van der Waals surface area contributed by atoms with E-state index in [0.29, 0.717) is 0 Å². The Hall–Kier alpha value is -2.30. The van der Waals surface area contributed by atoms with Gasteiger partial charge in [0.1, 0.15) is 5.54 Å². The SMILES string of the molecule is Cc1[nH]c2ccccc2c1CC(=O)NC(C)(C)C(=O)O. The Labute approximate surface area is 117 Å². The summed E-state index contributed by atoms with van der Waals surface area (Å²) in [6.07, 6.45) is 0.159. The van der Waals surface area contributed by atoms with Gasteiger partial charge in [0, 0.05) is 16.6 Å². The summed E-state index contributed by atoms with van der Waals surface area (Å²) in [6, 6.07) is 7.74. The first-order chi connectivity index (χ1) is 9.31. The van der Waals surface area contributed by atoms with Gasteiger partial charge in [0.15, 0.2) is 0 Å². The van der Waals surface area contributed by atoms with Crippen molar-refractivity contribution in [3.05, 3.63) is 35.5 Å². The number of carboxylic acid groups (broad SMARTS) is 1. The van der Waals surface area contributed by atoms with Crippen LogP contribution in [0.2, 0.25) is 0 Å². The molecule has 5 nitrogen and oxygen atoms in total. The number of aliphatic carboxylic acids is 1. The number of benzene rings is 1. The molecule has 0 spiro atoms. The number of carbonyl (C=O) groups excluding carboxylic acids is 1. The highest BCUT2D eigenvalue weighted by Crippen LogP contribution is 2.22. The lowest BCUT2D eigenvalue weighted by Gasteiger charge is -2.21. The maximum absolute atomic E-state index is 12.0. The van der Waals surface area contributed by atoms with Gasteiger partial charge in [0.2, 0.25) is 5.91 Å². The van der Waals surface area contributed by atoms with Crippen LogP contribution in [0.25, 0.3) is 10.9 Å². The lowest BCUT2D eigenvalue weighted by atomic mass is 10.0. The molecule has 0 aliphatic rings. The Morgan fingerprint density at radius 1 is 1.30 bits per heavy atom. The molecule has 1 aromatic carbocycles. The van der Waals surface area contributed by atoms with Crippen molar-refractivity contribution < 1.29 is 14.7 Å². The molecule has 106 valence electrons. The molecule has 2 aromatic rings. The summed E-state index contributed by atoms with van der Waals surface area (Å²) in [7, 11) is 0. The van der Waals surface area contributed by atoms with Crippen LogP contribution in [0.4, 0.5) is 0 Å². The standard InChI is InChI=1S/C15H18N2O3/c1-9-11(10-6-4-5-7-12(10)16-9)8-13(18)17-15(2,3)14(19)20/h4-7,16H,8H2,1-3H3,(H,17,18)(H,19,20). The molecule has 1 aromatic heterocycles. The summed E-state index contributed by atoms with van der Waals surface area (Å²) in [5.74, 6) is -1.35. The zero-order valence-electron chi connectivity index (χ0n) is 11.8. The van der Waals surface area contributed by atoms with Crippen LogP contribution in [0.5, 0.6) is 0 Å². The molecule has 0 aliphatic carbocycles. The smallest absolute Gasteiger partial charge is 0.328 e. The highest BCUT2D eigenvalue weighted by Gasteiger charge is 2.29. The van der Waals surface area contributed by atoms with Crippen molar-refractivity contribution in [3.63, 3.8) is 0 Å². The number of nitrogens with one attached hydrogen (secondary N) is 2. The predicted molar refractivity (Wildman–Crippen MR) is 76.6 cm³/mol. The minimum atomic E-state index is -1.27. The molecular weight excluding hydrogens is 256 g/mol. The Kier molecular flexibility index (Phi) is 3.53. The van der Waals surface area contributed by atoms with Gasteiger partial charge in [0.05, 0.1) is 6.42 Å². The number of hydrogen-bond acceptors (Lipinski definition) is 2. The van der Waals surface area contributed by atoms with Crippen molar-refractivity contribution in [2.24, 2.45) is 0 Å². The van der Waals surface area contributed by atoms with Crippen molar-refractivity contribution in [2.75, 3.05) is 0 Å². The topological polar surface area (TPSA) is 82.2 Å². The maximum atomic E-state index is 12.0. The van der Waals surface area contributed by atoms with E-state index in [0.717, 1.165) is 22.2 Å². The number of fused-ring (bicyclic) bond motifs is 1. The summed E-state index contributed by atoms with van der Waals surface area (Å²) < 4.78 is 0. The Balaban J connectivity index is 2.22. The van der Waals surface area contributed by atoms with E-state index >= 15 is 0 Å². The third-order valence-corrected chi connectivity index (χ3v) is 3.35. The van der Waals surface area contributed by atoms with Gasteiger partial charge in [0.25, 0.3) is 0 Å². The Morgan fingerprint density at radius 3 is 2.60 bits per heavy atom. The second kappa shape index (κ2) is 5.00. The molecule has 5 heteroatoms. The number of rotatable bonds is 4. The van der Waals surface area contributed by atoms with Gasteiger partial charge in [-0.1, -0.05) is 18.2 Å². The first-order valence-corrected chi connectivity index (χ1v) is 6.42. The molecule has 0 aliphatic heterocycles. The van der Waals surface area contributed by atoms with Crippen LogP contribution in [0.1, 0.15) is 25.1 Å². The van der Waals surface area contributed by atoms with E-state index in [1.165, 1.54) is 13.8 Å². The number of aromatic nitrogens is 1. The lowest BCUT2D eigenvalue weighted by Crippen LogP contribution is -2.50. The van der Waals surface area contributed by atoms with Crippen LogP contribution in [-0.4, -0.2) is 27.5 Å². The van der Waals surface area contributed by atoms with Crippen LogP contribution in [-0.2, 0) is 16.0 Å². The van der Waals surface area contributed by atoms with E-state index in [9.17, 15) is 9.59 Å². The summed E-state index contributed by atoms with van der Waals surface area (Å²) in [6.45, 7) is 4.84. The first-order valence-electron chi connectivity index (χ1n) is 6.42. The van der Waals surface area contributed by atoms with Crippen LogP contribution in [0.3, 0.4) is 0 Å². The van der Waals surface area contributed by atoms with Crippen molar-refractivity contribution in [3.8, 4) is 0 Å². The molecule has 0 saturated heterocycles. The van der Waals surface area contributed by atoms with Gasteiger partial charge < -0.3 is 15.4 Å². The molecule has 0 radical (unpaired) electrons. The lowest BCUT2D eigenvalue weighted by molar-refractivity contribution is -0.145. The van der Waals surface area contributed by atoms with E-state index in [1.807, 2.05) is 31.2 Å². The average Bonchev–Trinajstić information content (AvgIpc) is 2.65. The number of hydrogen-bond donors (Lipinski definition) is 3. The van der Waals surface area contributed by atoms with E-state index in [4.69, 9.17) is 5.11 Å². The zero-order chi connectivity index (χ0) is 14.9. The number of aromatic amines is 1. The normalized spacial score (nSPS) is 11.6. The fraction of sp³-hybridized carbons (Fsp3) is 0.333. The van der Waals surface area contributed by atoms with E-state index in [2.05, 4.69) is 10.3 Å². The third-order valence-electron chi connectivity index (χ3n) is 3.35. The zero-order valence-corrected chi connectivity index (χ0v) is 11.8. The van der Waals surface area contributed by atoms with Crippen molar-refractivity contribution in [1.29, 1.82) is 0 Å². The molecule has 20 heavy (non-hydrogen) atoms. The first kappa shape index (κ1) is 14.1. The Bertz CT molecular complexity index is 671. The monoisotopic (exact) mass is 274 g/mol. The molecular formula is C15H18N2O3. The molecule has 2 rings (SSSR count). The van der Waals surface area contributed by atoms with E-state index in [-0.39, 0.29) is 12.3 Å². The number of carboxylic acids is 1.